The average molecular weight is 170 g/mol. The van der Waals surface area contributed by atoms with E-state index in [4.69, 9.17) is 15.2 Å². The molecular formula is C7H8BFO3. The van der Waals surface area contributed by atoms with Crippen LogP contribution in [-0.2, 0) is 0 Å². The summed E-state index contributed by atoms with van der Waals surface area (Å²) in [6.45, 7) is 1.36. The lowest BCUT2D eigenvalue weighted by Crippen LogP contribution is -2.33. The van der Waals surface area contributed by atoms with Crippen LogP contribution in [0.25, 0.3) is 0 Å². The highest BCUT2D eigenvalue weighted by atomic mass is 19.1. The lowest BCUT2D eigenvalue weighted by molar-refractivity contribution is 0.421. The van der Waals surface area contributed by atoms with E-state index >= 15 is 0 Å². The maximum absolute atomic E-state index is 13.0. The highest BCUT2D eigenvalue weighted by molar-refractivity contribution is 6.58. The van der Waals surface area contributed by atoms with Crippen molar-refractivity contribution in [2.45, 2.75) is 6.92 Å². The zero-order chi connectivity index (χ0) is 9.30. The molecule has 3 N–H and O–H groups in total. The van der Waals surface area contributed by atoms with Crippen LogP contribution in [0.5, 0.6) is 5.75 Å². The van der Waals surface area contributed by atoms with E-state index < -0.39 is 12.9 Å². The molecule has 0 amide bonds. The summed E-state index contributed by atoms with van der Waals surface area (Å²) in [5.41, 5.74) is -0.217. The molecule has 0 saturated carbocycles. The van der Waals surface area contributed by atoms with Crippen LogP contribution in [0.2, 0.25) is 0 Å². The molecule has 0 aliphatic rings. The Morgan fingerprint density at radius 1 is 1.33 bits per heavy atom. The second-order valence-corrected chi connectivity index (χ2v) is 2.49. The van der Waals surface area contributed by atoms with Crippen molar-refractivity contribution in [3.63, 3.8) is 0 Å². The molecule has 3 nitrogen and oxygen atoms in total. The summed E-state index contributed by atoms with van der Waals surface area (Å²) in [6.07, 6.45) is 0. The Hall–Kier alpha value is -1.07. The van der Waals surface area contributed by atoms with Crippen molar-refractivity contribution < 1.29 is 19.5 Å². The number of phenols is 1. The van der Waals surface area contributed by atoms with Gasteiger partial charge in [0.25, 0.3) is 0 Å². The normalized spacial score (nSPS) is 10.0. The lowest BCUT2D eigenvalue weighted by atomic mass is 9.79. The van der Waals surface area contributed by atoms with Crippen LogP contribution in [0, 0.1) is 12.7 Å². The summed E-state index contributed by atoms with van der Waals surface area (Å²) >= 11 is 0. The molecule has 1 rings (SSSR count). The Kier molecular flexibility index (Phi) is 2.35. The van der Waals surface area contributed by atoms with E-state index in [0.717, 1.165) is 6.07 Å². The van der Waals surface area contributed by atoms with Crippen molar-refractivity contribution in [3.05, 3.63) is 23.5 Å². The molecule has 0 spiro atoms. The molecule has 5 heteroatoms. The second-order valence-electron chi connectivity index (χ2n) is 2.49. The number of aromatic hydroxyl groups is 1. The standard InChI is InChI=1S/C7H8BFO3/c1-4-6(10)3-2-5(7(4)9)8(11)12/h2-3,10-12H,1H3. The van der Waals surface area contributed by atoms with Gasteiger partial charge in [0.2, 0.25) is 0 Å². The van der Waals surface area contributed by atoms with Crippen molar-refractivity contribution in [1.29, 1.82) is 0 Å². The van der Waals surface area contributed by atoms with Crippen molar-refractivity contribution in [1.82, 2.24) is 0 Å². The van der Waals surface area contributed by atoms with Crippen molar-refractivity contribution in [2.75, 3.05) is 0 Å². The first kappa shape index (κ1) is 9.03. The number of phenolic OH excluding ortho intramolecular Hbond substituents is 1. The summed E-state index contributed by atoms with van der Waals surface area (Å²) in [4.78, 5) is 0. The number of rotatable bonds is 1. The zero-order valence-electron chi connectivity index (χ0n) is 6.45. The summed E-state index contributed by atoms with van der Waals surface area (Å²) in [7, 11) is -1.84. The van der Waals surface area contributed by atoms with Crippen LogP contribution in [0.3, 0.4) is 0 Å². The molecule has 0 radical (unpaired) electrons. The van der Waals surface area contributed by atoms with Gasteiger partial charge in [-0.2, -0.15) is 0 Å². The van der Waals surface area contributed by atoms with Gasteiger partial charge in [0, 0.05) is 11.0 Å². The van der Waals surface area contributed by atoms with Crippen LogP contribution in [0.15, 0.2) is 12.1 Å². The Morgan fingerprint density at radius 3 is 2.42 bits per heavy atom. The molecule has 0 bridgehead atoms. The molecule has 0 aliphatic heterocycles. The predicted octanol–water partition coefficient (Wildman–Crippen LogP) is -0.480. The third-order valence-corrected chi connectivity index (χ3v) is 1.67. The van der Waals surface area contributed by atoms with Gasteiger partial charge >= 0.3 is 7.12 Å². The predicted molar refractivity (Wildman–Crippen MR) is 42.6 cm³/mol. The lowest BCUT2D eigenvalue weighted by Gasteiger charge is -2.05. The third-order valence-electron chi connectivity index (χ3n) is 1.67. The maximum atomic E-state index is 13.0. The van der Waals surface area contributed by atoms with Crippen LogP contribution in [0.4, 0.5) is 4.39 Å². The molecule has 12 heavy (non-hydrogen) atoms. The van der Waals surface area contributed by atoms with Gasteiger partial charge in [0.15, 0.2) is 0 Å². The minimum Gasteiger partial charge on any atom is -0.508 e. The average Bonchev–Trinajstić information content (AvgIpc) is 2.00. The Bertz CT molecular complexity index is 301. The Balaban J connectivity index is 3.27. The molecule has 0 aromatic heterocycles. The first-order valence-electron chi connectivity index (χ1n) is 3.38. The van der Waals surface area contributed by atoms with E-state index in [9.17, 15) is 4.39 Å². The molecule has 0 heterocycles. The third kappa shape index (κ3) is 1.42. The van der Waals surface area contributed by atoms with E-state index in [-0.39, 0.29) is 16.8 Å². The number of halogens is 1. The number of hydrogen-bond acceptors (Lipinski definition) is 3. The van der Waals surface area contributed by atoms with Crippen LogP contribution in [-0.4, -0.2) is 22.3 Å². The Labute approximate surface area is 69.2 Å². The molecular weight excluding hydrogens is 162 g/mol. The fraction of sp³-hybridized carbons (Fsp3) is 0.143. The first-order chi connectivity index (χ1) is 5.54. The molecule has 0 unspecified atom stereocenters. The van der Waals surface area contributed by atoms with Crippen LogP contribution < -0.4 is 5.46 Å². The van der Waals surface area contributed by atoms with Gasteiger partial charge in [-0.15, -0.1) is 0 Å². The zero-order valence-corrected chi connectivity index (χ0v) is 6.45. The smallest absolute Gasteiger partial charge is 0.491 e. The summed E-state index contributed by atoms with van der Waals surface area (Å²) in [5, 5.41) is 26.3. The van der Waals surface area contributed by atoms with Crippen molar-refractivity contribution in [3.8, 4) is 5.75 Å². The molecule has 0 atom stereocenters. The minimum absolute atomic E-state index is 0.0144. The van der Waals surface area contributed by atoms with Crippen molar-refractivity contribution >= 4 is 12.6 Å². The molecule has 0 fully saturated rings. The molecule has 1 aromatic carbocycles. The largest absolute Gasteiger partial charge is 0.508 e. The van der Waals surface area contributed by atoms with E-state index in [2.05, 4.69) is 0 Å². The number of benzene rings is 1. The van der Waals surface area contributed by atoms with Gasteiger partial charge in [-0.1, -0.05) is 6.07 Å². The van der Waals surface area contributed by atoms with Gasteiger partial charge in [0.05, 0.1) is 0 Å². The SMILES string of the molecule is Cc1c(O)ccc(B(O)O)c1F. The van der Waals surface area contributed by atoms with Crippen LogP contribution in [0.1, 0.15) is 5.56 Å². The number of hydrogen-bond donors (Lipinski definition) is 3. The Morgan fingerprint density at radius 2 is 1.92 bits per heavy atom. The fourth-order valence-corrected chi connectivity index (χ4v) is 0.895. The molecule has 64 valence electrons. The monoisotopic (exact) mass is 170 g/mol. The quantitative estimate of drug-likeness (QED) is 0.498. The molecule has 0 aliphatic carbocycles. The highest BCUT2D eigenvalue weighted by Gasteiger charge is 2.18. The minimum atomic E-state index is -1.84. The first-order valence-corrected chi connectivity index (χ1v) is 3.38. The van der Waals surface area contributed by atoms with E-state index in [1.807, 2.05) is 0 Å². The van der Waals surface area contributed by atoms with Crippen molar-refractivity contribution in [2.24, 2.45) is 0 Å². The van der Waals surface area contributed by atoms with Gasteiger partial charge in [-0.3, -0.25) is 0 Å². The molecule has 0 saturated heterocycles. The summed E-state index contributed by atoms with van der Waals surface area (Å²) in [6, 6.07) is 2.34. The second kappa shape index (κ2) is 3.12. The fourth-order valence-electron chi connectivity index (χ4n) is 0.895. The van der Waals surface area contributed by atoms with E-state index in [1.165, 1.54) is 13.0 Å². The van der Waals surface area contributed by atoms with Gasteiger partial charge in [-0.25, -0.2) is 4.39 Å². The highest BCUT2D eigenvalue weighted by Crippen LogP contribution is 2.16. The summed E-state index contributed by atoms with van der Waals surface area (Å²) < 4.78 is 13.0. The van der Waals surface area contributed by atoms with Gasteiger partial charge < -0.3 is 15.2 Å². The van der Waals surface area contributed by atoms with Gasteiger partial charge in [0.1, 0.15) is 11.6 Å². The molecule has 1 aromatic rings. The van der Waals surface area contributed by atoms with Gasteiger partial charge in [-0.05, 0) is 13.0 Å². The summed E-state index contributed by atoms with van der Waals surface area (Å²) in [5.74, 6) is -0.984. The topological polar surface area (TPSA) is 60.7 Å². The maximum Gasteiger partial charge on any atom is 0.491 e. The van der Waals surface area contributed by atoms with E-state index in [1.54, 1.807) is 0 Å². The van der Waals surface area contributed by atoms with E-state index in [0.29, 0.717) is 0 Å². The van der Waals surface area contributed by atoms with Crippen LogP contribution >= 0.6 is 0 Å².